The van der Waals surface area contributed by atoms with Crippen LogP contribution in [-0.2, 0) is 4.79 Å². The molecular weight excluding hydrogens is 478 g/mol. The summed E-state index contributed by atoms with van der Waals surface area (Å²) in [6.45, 7) is 7.67. The van der Waals surface area contributed by atoms with E-state index in [-0.39, 0.29) is 17.9 Å². The summed E-state index contributed by atoms with van der Waals surface area (Å²) in [7, 11) is 0. The molecule has 0 saturated carbocycles. The molecule has 5 nitrogen and oxygen atoms in total. The van der Waals surface area contributed by atoms with Gasteiger partial charge in [0.25, 0.3) is 5.91 Å². The van der Waals surface area contributed by atoms with Crippen LogP contribution in [0.4, 0.5) is 5.69 Å². The minimum Gasteiger partial charge on any atom is -0.368 e. The SMILES string of the molecule is CC(C)CN1C(=O)c2ccccc2C(C(=O)N2CCN(c3ccc(Cl)cc3)CC2)C1c1cccs1. The van der Waals surface area contributed by atoms with Gasteiger partial charge in [-0.25, -0.2) is 0 Å². The molecular formula is C28H30ClN3O2S. The highest BCUT2D eigenvalue weighted by Gasteiger charge is 2.46. The number of amides is 2. The molecule has 2 aliphatic rings. The first-order chi connectivity index (χ1) is 16.9. The van der Waals surface area contributed by atoms with Crippen LogP contribution < -0.4 is 4.90 Å². The van der Waals surface area contributed by atoms with Crippen molar-refractivity contribution in [1.29, 1.82) is 0 Å². The largest absolute Gasteiger partial charge is 0.368 e. The van der Waals surface area contributed by atoms with Gasteiger partial charge in [0.1, 0.15) is 0 Å². The molecule has 0 N–H and O–H groups in total. The van der Waals surface area contributed by atoms with Gasteiger partial charge in [0.2, 0.25) is 5.91 Å². The number of thiophene rings is 1. The molecule has 3 aromatic rings. The molecule has 0 spiro atoms. The quantitative estimate of drug-likeness (QED) is 0.446. The van der Waals surface area contributed by atoms with Gasteiger partial charge < -0.3 is 14.7 Å². The number of benzene rings is 2. The maximum absolute atomic E-state index is 14.2. The van der Waals surface area contributed by atoms with Gasteiger partial charge in [-0.2, -0.15) is 0 Å². The van der Waals surface area contributed by atoms with Crippen molar-refractivity contribution in [3.8, 4) is 0 Å². The predicted octanol–water partition coefficient (Wildman–Crippen LogP) is 5.69. The van der Waals surface area contributed by atoms with Crippen LogP contribution in [-0.4, -0.2) is 54.3 Å². The number of hydrogen-bond donors (Lipinski definition) is 0. The highest BCUT2D eigenvalue weighted by atomic mass is 35.5. The van der Waals surface area contributed by atoms with E-state index >= 15 is 0 Å². The number of fused-ring (bicyclic) bond motifs is 1. The Bertz CT molecular complexity index is 1190. The lowest BCUT2D eigenvalue weighted by Gasteiger charge is -2.44. The normalized spacial score (nSPS) is 20.3. The zero-order chi connectivity index (χ0) is 24.5. The number of halogens is 1. The summed E-state index contributed by atoms with van der Waals surface area (Å²) in [5, 5.41) is 2.75. The van der Waals surface area contributed by atoms with Gasteiger partial charge >= 0.3 is 0 Å². The minimum absolute atomic E-state index is 0.0179. The maximum atomic E-state index is 14.2. The van der Waals surface area contributed by atoms with Crippen molar-refractivity contribution in [1.82, 2.24) is 9.80 Å². The van der Waals surface area contributed by atoms with Gasteiger partial charge in [0, 0.05) is 53.9 Å². The topological polar surface area (TPSA) is 43.9 Å². The van der Waals surface area contributed by atoms with Crippen LogP contribution >= 0.6 is 22.9 Å². The lowest BCUT2D eigenvalue weighted by atomic mass is 9.80. The third kappa shape index (κ3) is 4.69. The molecule has 2 amide bonds. The molecule has 2 unspecified atom stereocenters. The van der Waals surface area contributed by atoms with E-state index in [4.69, 9.17) is 11.6 Å². The van der Waals surface area contributed by atoms with Crippen LogP contribution in [0.5, 0.6) is 0 Å². The summed E-state index contributed by atoms with van der Waals surface area (Å²) in [6, 6.07) is 19.3. The van der Waals surface area contributed by atoms with E-state index in [1.807, 2.05) is 69.8 Å². The van der Waals surface area contributed by atoms with Gasteiger partial charge in [-0.1, -0.05) is 49.7 Å². The highest BCUT2D eigenvalue weighted by Crippen LogP contribution is 2.45. The van der Waals surface area contributed by atoms with E-state index in [1.54, 1.807) is 11.3 Å². The fourth-order valence-corrected chi connectivity index (χ4v) is 6.26. The van der Waals surface area contributed by atoms with Crippen LogP contribution in [0.2, 0.25) is 5.02 Å². The fourth-order valence-electron chi connectivity index (χ4n) is 5.26. The fraction of sp³-hybridized carbons (Fsp3) is 0.357. The van der Waals surface area contributed by atoms with Crippen molar-refractivity contribution in [2.24, 2.45) is 5.92 Å². The Morgan fingerprint density at radius 3 is 2.37 bits per heavy atom. The monoisotopic (exact) mass is 507 g/mol. The molecule has 1 saturated heterocycles. The summed E-state index contributed by atoms with van der Waals surface area (Å²) in [5.74, 6) is 0.00546. The second-order valence-electron chi connectivity index (χ2n) is 9.67. The number of hydrogen-bond acceptors (Lipinski definition) is 4. The zero-order valence-electron chi connectivity index (χ0n) is 20.1. The highest BCUT2D eigenvalue weighted by molar-refractivity contribution is 7.10. The van der Waals surface area contributed by atoms with E-state index in [0.717, 1.165) is 34.2 Å². The van der Waals surface area contributed by atoms with E-state index in [1.165, 1.54) is 0 Å². The molecule has 3 heterocycles. The summed E-state index contributed by atoms with van der Waals surface area (Å²) < 4.78 is 0. The average molecular weight is 508 g/mol. The van der Waals surface area contributed by atoms with Crippen LogP contribution in [0.15, 0.2) is 66.0 Å². The average Bonchev–Trinajstić information content (AvgIpc) is 3.40. The first kappa shape index (κ1) is 23.9. The van der Waals surface area contributed by atoms with Gasteiger partial charge in [-0.05, 0) is 53.3 Å². The maximum Gasteiger partial charge on any atom is 0.254 e. The molecule has 0 bridgehead atoms. The molecule has 2 atom stereocenters. The third-order valence-electron chi connectivity index (χ3n) is 6.88. The Morgan fingerprint density at radius 1 is 1.00 bits per heavy atom. The van der Waals surface area contributed by atoms with E-state index in [9.17, 15) is 9.59 Å². The van der Waals surface area contributed by atoms with Crippen LogP contribution in [0.3, 0.4) is 0 Å². The molecule has 1 aromatic heterocycles. The first-order valence-corrected chi connectivity index (χ1v) is 13.4. The van der Waals surface area contributed by atoms with Crippen molar-refractivity contribution < 1.29 is 9.59 Å². The van der Waals surface area contributed by atoms with Crippen molar-refractivity contribution in [3.05, 3.63) is 87.1 Å². The summed E-state index contributed by atoms with van der Waals surface area (Å²) in [4.78, 5) is 35.1. The predicted molar refractivity (Wildman–Crippen MR) is 142 cm³/mol. The van der Waals surface area contributed by atoms with Crippen LogP contribution in [0.25, 0.3) is 0 Å². The smallest absolute Gasteiger partial charge is 0.254 e. The molecule has 1 fully saturated rings. The second kappa shape index (κ2) is 10.0. The number of nitrogens with zero attached hydrogens (tertiary/aromatic N) is 3. The van der Waals surface area contributed by atoms with Gasteiger partial charge in [0.15, 0.2) is 0 Å². The van der Waals surface area contributed by atoms with E-state index in [2.05, 4.69) is 24.8 Å². The molecule has 0 radical (unpaired) electrons. The number of carbonyl (C=O) groups excluding carboxylic acids is 2. The zero-order valence-corrected chi connectivity index (χ0v) is 21.6. The Kier molecular flexibility index (Phi) is 6.85. The molecule has 7 heteroatoms. The van der Waals surface area contributed by atoms with Crippen LogP contribution in [0, 0.1) is 5.92 Å². The second-order valence-corrected chi connectivity index (χ2v) is 11.1. The van der Waals surface area contributed by atoms with Crippen molar-refractivity contribution in [3.63, 3.8) is 0 Å². The van der Waals surface area contributed by atoms with Crippen molar-refractivity contribution in [2.45, 2.75) is 25.8 Å². The minimum atomic E-state index is -0.414. The third-order valence-corrected chi connectivity index (χ3v) is 8.08. The number of anilines is 1. The lowest BCUT2D eigenvalue weighted by Crippen LogP contribution is -2.53. The Labute approximate surface area is 215 Å². The molecule has 2 aliphatic heterocycles. The Morgan fingerprint density at radius 2 is 1.71 bits per heavy atom. The number of rotatable bonds is 5. The van der Waals surface area contributed by atoms with Gasteiger partial charge in [-0.3, -0.25) is 9.59 Å². The lowest BCUT2D eigenvalue weighted by molar-refractivity contribution is -0.135. The molecule has 2 aromatic carbocycles. The van der Waals surface area contributed by atoms with Crippen LogP contribution in [0.1, 0.15) is 46.6 Å². The van der Waals surface area contributed by atoms with E-state index < -0.39 is 5.92 Å². The Hall–Kier alpha value is -2.83. The number of piperazine rings is 1. The Balaban J connectivity index is 1.46. The molecule has 35 heavy (non-hydrogen) atoms. The molecule has 5 rings (SSSR count). The summed E-state index contributed by atoms with van der Waals surface area (Å²) in [5.41, 5.74) is 2.62. The molecule has 0 aliphatic carbocycles. The van der Waals surface area contributed by atoms with E-state index in [0.29, 0.717) is 31.1 Å². The standard InChI is InChI=1S/C28H30ClN3O2S/c1-19(2)18-32-26(24-8-5-17-35-24)25(22-6-3-4-7-23(22)27(32)33)28(34)31-15-13-30(14-16-31)21-11-9-20(29)10-12-21/h3-12,17,19,25-26H,13-16,18H2,1-2H3. The van der Waals surface area contributed by atoms with Crippen molar-refractivity contribution >= 4 is 40.4 Å². The molecule has 182 valence electrons. The van der Waals surface area contributed by atoms with Crippen molar-refractivity contribution in [2.75, 3.05) is 37.6 Å². The number of carbonyl (C=O) groups is 2. The summed E-state index contributed by atoms with van der Waals surface area (Å²) >= 11 is 7.67. The summed E-state index contributed by atoms with van der Waals surface area (Å²) in [6.07, 6.45) is 0. The first-order valence-electron chi connectivity index (χ1n) is 12.2. The van der Waals surface area contributed by atoms with Gasteiger partial charge in [0.05, 0.1) is 12.0 Å². The van der Waals surface area contributed by atoms with Gasteiger partial charge in [-0.15, -0.1) is 11.3 Å².